The van der Waals surface area contributed by atoms with Crippen LogP contribution in [-0.2, 0) is 18.0 Å². The quantitative estimate of drug-likeness (QED) is 0.574. The highest BCUT2D eigenvalue weighted by molar-refractivity contribution is 5.72. The molecule has 11 nitrogen and oxygen atoms in total. The van der Waals surface area contributed by atoms with Crippen LogP contribution in [0, 0.1) is 16.0 Å². The molecular formula is C15H15F3N6O5. The average Bonchev–Trinajstić information content (AvgIpc) is 3.02. The van der Waals surface area contributed by atoms with Gasteiger partial charge in [0, 0.05) is 26.2 Å². The Balaban J connectivity index is 1.97. The lowest BCUT2D eigenvalue weighted by atomic mass is 9.98. The van der Waals surface area contributed by atoms with Crippen molar-refractivity contribution in [2.45, 2.75) is 19.0 Å². The topological polar surface area (TPSA) is 137 Å². The summed E-state index contributed by atoms with van der Waals surface area (Å²) in [6, 6.07) is 0.590. The minimum Gasteiger partial charge on any atom is -0.481 e. The number of aliphatic carboxylic acids is 1. The highest BCUT2D eigenvalue weighted by Gasteiger charge is 2.37. The maximum atomic E-state index is 12.8. The van der Waals surface area contributed by atoms with E-state index in [2.05, 4.69) is 15.1 Å². The molecule has 0 radical (unpaired) electrons. The van der Waals surface area contributed by atoms with Crippen LogP contribution < -0.4 is 9.64 Å². The van der Waals surface area contributed by atoms with Crippen LogP contribution in [0.4, 0.5) is 24.7 Å². The fraction of sp³-hybridized carbons (Fsp3) is 0.467. The molecule has 0 spiro atoms. The third-order valence-corrected chi connectivity index (χ3v) is 4.35. The largest absolute Gasteiger partial charge is 0.481 e. The van der Waals surface area contributed by atoms with Crippen LogP contribution in [0.25, 0.3) is 0 Å². The lowest BCUT2D eigenvalue weighted by Crippen LogP contribution is -2.39. The normalized spacial score (nSPS) is 17.2. The van der Waals surface area contributed by atoms with Gasteiger partial charge < -0.3 is 14.7 Å². The molecule has 1 saturated heterocycles. The molecule has 2 aromatic rings. The molecule has 1 aliphatic rings. The number of alkyl halides is 3. The summed E-state index contributed by atoms with van der Waals surface area (Å²) < 4.78 is 44.5. The molecule has 0 saturated carbocycles. The van der Waals surface area contributed by atoms with Crippen molar-refractivity contribution in [3.8, 4) is 11.8 Å². The lowest BCUT2D eigenvalue weighted by molar-refractivity contribution is -0.385. The molecule has 29 heavy (non-hydrogen) atoms. The first kappa shape index (κ1) is 20.3. The van der Waals surface area contributed by atoms with Crippen molar-refractivity contribution in [2.24, 2.45) is 13.0 Å². The number of nitrogens with zero attached hydrogens (tertiary/aromatic N) is 6. The second-order valence-corrected chi connectivity index (χ2v) is 6.32. The summed E-state index contributed by atoms with van der Waals surface area (Å²) in [6.07, 6.45) is -2.86. The highest BCUT2D eigenvalue weighted by Crippen LogP contribution is 2.38. The number of hydrogen-bond donors (Lipinski definition) is 1. The van der Waals surface area contributed by atoms with E-state index in [9.17, 15) is 33.2 Å². The van der Waals surface area contributed by atoms with E-state index >= 15 is 0 Å². The van der Waals surface area contributed by atoms with Crippen molar-refractivity contribution < 1.29 is 32.7 Å². The molecule has 2 aromatic heterocycles. The van der Waals surface area contributed by atoms with Crippen molar-refractivity contribution >= 4 is 17.5 Å². The Morgan fingerprint density at radius 3 is 2.72 bits per heavy atom. The Labute approximate surface area is 160 Å². The minimum absolute atomic E-state index is 0.00341. The molecule has 0 amide bonds. The van der Waals surface area contributed by atoms with Gasteiger partial charge in [-0.2, -0.15) is 23.3 Å². The van der Waals surface area contributed by atoms with Gasteiger partial charge >= 0.3 is 23.7 Å². The van der Waals surface area contributed by atoms with Gasteiger partial charge in [-0.05, 0) is 12.8 Å². The number of carboxylic acids is 1. The summed E-state index contributed by atoms with van der Waals surface area (Å²) in [6.45, 7) is 0.321. The second kappa shape index (κ2) is 7.52. The SMILES string of the molecule is Cn1nc(C(F)(F)F)cc1Oc1ncnc(N2CCCC(C(=O)O)C2)c1[N+](=O)[O-]. The molecule has 1 unspecified atom stereocenters. The summed E-state index contributed by atoms with van der Waals surface area (Å²) in [7, 11) is 1.18. The molecule has 14 heteroatoms. The van der Waals surface area contributed by atoms with E-state index in [0.29, 0.717) is 25.5 Å². The number of nitro groups is 1. The van der Waals surface area contributed by atoms with Gasteiger partial charge in [0.25, 0.3) is 0 Å². The summed E-state index contributed by atoms with van der Waals surface area (Å²) in [5.74, 6) is -2.91. The Morgan fingerprint density at radius 2 is 2.14 bits per heavy atom. The zero-order chi connectivity index (χ0) is 21.3. The van der Waals surface area contributed by atoms with Crippen LogP contribution in [0.1, 0.15) is 18.5 Å². The number of halogens is 3. The van der Waals surface area contributed by atoms with E-state index in [1.54, 1.807) is 0 Å². The van der Waals surface area contributed by atoms with E-state index in [-0.39, 0.29) is 12.4 Å². The Kier molecular flexibility index (Phi) is 5.26. The maximum Gasteiger partial charge on any atom is 0.435 e. The second-order valence-electron chi connectivity index (χ2n) is 6.32. The van der Waals surface area contributed by atoms with Crippen LogP contribution in [0.5, 0.6) is 11.8 Å². The highest BCUT2D eigenvalue weighted by atomic mass is 19.4. The van der Waals surface area contributed by atoms with Crippen LogP contribution in [-0.4, -0.2) is 48.8 Å². The summed E-state index contributed by atoms with van der Waals surface area (Å²) in [5.41, 5.74) is -1.90. The Morgan fingerprint density at radius 1 is 1.41 bits per heavy atom. The molecule has 1 N–H and O–H groups in total. The van der Waals surface area contributed by atoms with E-state index in [0.717, 1.165) is 11.0 Å². The first-order chi connectivity index (χ1) is 13.6. The summed E-state index contributed by atoms with van der Waals surface area (Å²) in [5, 5.41) is 24.1. The number of hydrogen-bond acceptors (Lipinski definition) is 8. The number of piperidine rings is 1. The van der Waals surface area contributed by atoms with E-state index in [1.807, 2.05) is 0 Å². The Hall–Kier alpha value is -3.45. The van der Waals surface area contributed by atoms with E-state index in [1.165, 1.54) is 11.9 Å². The Bertz CT molecular complexity index is 947. The molecule has 1 fully saturated rings. The molecule has 3 heterocycles. The zero-order valence-corrected chi connectivity index (χ0v) is 15.0. The predicted molar refractivity (Wildman–Crippen MR) is 89.5 cm³/mol. The summed E-state index contributed by atoms with van der Waals surface area (Å²) in [4.78, 5) is 31.1. The average molecular weight is 416 g/mol. The number of carboxylic acid groups (broad SMARTS) is 1. The number of anilines is 1. The fourth-order valence-electron chi connectivity index (χ4n) is 2.97. The fourth-order valence-corrected chi connectivity index (χ4v) is 2.97. The van der Waals surface area contributed by atoms with Gasteiger partial charge in [-0.1, -0.05) is 0 Å². The van der Waals surface area contributed by atoms with Gasteiger partial charge in [-0.15, -0.1) is 0 Å². The van der Waals surface area contributed by atoms with Crippen LogP contribution in [0.15, 0.2) is 12.4 Å². The van der Waals surface area contributed by atoms with Gasteiger partial charge in [0.05, 0.1) is 10.8 Å². The van der Waals surface area contributed by atoms with Gasteiger partial charge in [-0.25, -0.2) is 9.67 Å². The lowest BCUT2D eigenvalue weighted by Gasteiger charge is -2.31. The van der Waals surface area contributed by atoms with Crippen LogP contribution in [0.3, 0.4) is 0 Å². The van der Waals surface area contributed by atoms with E-state index < -0.39 is 46.1 Å². The van der Waals surface area contributed by atoms with Crippen LogP contribution >= 0.6 is 0 Å². The number of aromatic nitrogens is 4. The monoisotopic (exact) mass is 416 g/mol. The number of rotatable bonds is 5. The van der Waals surface area contributed by atoms with Crippen molar-refractivity contribution in [3.63, 3.8) is 0 Å². The molecule has 0 aromatic carbocycles. The summed E-state index contributed by atoms with van der Waals surface area (Å²) >= 11 is 0. The maximum absolute atomic E-state index is 12.8. The van der Waals surface area contributed by atoms with Crippen molar-refractivity contribution in [1.29, 1.82) is 0 Å². The first-order valence-corrected chi connectivity index (χ1v) is 8.34. The van der Waals surface area contributed by atoms with Crippen molar-refractivity contribution in [2.75, 3.05) is 18.0 Å². The van der Waals surface area contributed by atoms with E-state index in [4.69, 9.17) is 4.74 Å². The van der Waals surface area contributed by atoms with Crippen molar-refractivity contribution in [3.05, 3.63) is 28.2 Å². The van der Waals surface area contributed by atoms with Crippen molar-refractivity contribution in [1.82, 2.24) is 19.7 Å². The third kappa shape index (κ3) is 4.20. The number of ether oxygens (including phenoxy) is 1. The third-order valence-electron chi connectivity index (χ3n) is 4.35. The standard InChI is InChI=1S/C15H15F3N6O5/c1-22-10(5-9(21-22)15(16,17)18)29-13-11(24(27)28)12(19-7-20-13)23-4-2-3-8(6-23)14(25)26/h5,7-8H,2-4,6H2,1H3,(H,25,26). The molecule has 0 aliphatic carbocycles. The molecule has 156 valence electrons. The number of aryl methyl sites for hydroxylation is 1. The predicted octanol–water partition coefficient (Wildman–Crippen LogP) is 2.23. The molecule has 0 bridgehead atoms. The molecule has 1 aliphatic heterocycles. The van der Waals surface area contributed by atoms with Gasteiger partial charge in [-0.3, -0.25) is 14.9 Å². The number of carbonyl (C=O) groups is 1. The smallest absolute Gasteiger partial charge is 0.435 e. The van der Waals surface area contributed by atoms with Gasteiger partial charge in [0.15, 0.2) is 5.69 Å². The minimum atomic E-state index is -4.72. The molecule has 3 rings (SSSR count). The van der Waals surface area contributed by atoms with Gasteiger partial charge in [0.2, 0.25) is 11.7 Å². The van der Waals surface area contributed by atoms with Gasteiger partial charge in [0.1, 0.15) is 6.33 Å². The zero-order valence-electron chi connectivity index (χ0n) is 15.0. The molecular weight excluding hydrogens is 401 g/mol. The first-order valence-electron chi connectivity index (χ1n) is 8.34. The van der Waals surface area contributed by atoms with Crippen LogP contribution in [0.2, 0.25) is 0 Å². The molecule has 1 atom stereocenters.